The molecule has 1 amide bonds. The van der Waals surface area contributed by atoms with Crippen LogP contribution in [0.3, 0.4) is 0 Å². The van der Waals surface area contributed by atoms with Crippen LogP contribution in [-0.2, 0) is 11.3 Å². The van der Waals surface area contributed by atoms with E-state index in [4.69, 9.17) is 11.6 Å². The van der Waals surface area contributed by atoms with Crippen LogP contribution in [0, 0.1) is 5.92 Å². The molecule has 1 N–H and O–H groups in total. The summed E-state index contributed by atoms with van der Waals surface area (Å²) in [6.07, 6.45) is 7.80. The molecule has 0 radical (unpaired) electrons. The normalized spacial score (nSPS) is 17.5. The van der Waals surface area contributed by atoms with Gasteiger partial charge in [0, 0.05) is 18.3 Å². The van der Waals surface area contributed by atoms with E-state index in [1.165, 1.54) is 19.3 Å². The van der Waals surface area contributed by atoms with Crippen LogP contribution in [0.4, 0.5) is 0 Å². The zero-order valence-corrected chi connectivity index (χ0v) is 10.8. The zero-order valence-electron chi connectivity index (χ0n) is 10.0. The first kappa shape index (κ1) is 12.4. The minimum atomic E-state index is -0.147. The predicted octanol–water partition coefficient (Wildman–Crippen LogP) is 2.10. The van der Waals surface area contributed by atoms with Crippen molar-refractivity contribution in [2.45, 2.75) is 38.8 Å². The van der Waals surface area contributed by atoms with Crippen LogP contribution < -0.4 is 5.32 Å². The van der Waals surface area contributed by atoms with E-state index in [1.54, 1.807) is 0 Å². The third-order valence-electron chi connectivity index (χ3n) is 3.32. The predicted molar refractivity (Wildman–Crippen MR) is 66.8 cm³/mol. The molecule has 1 aliphatic carbocycles. The standard InChI is InChI=1S/C12H18ClN3O/c1-9(15-12(17)5-13)11-6-14-16(8-11)7-10-3-2-4-10/h6,8-10H,2-5,7H2,1H3,(H,15,17). The third kappa shape index (κ3) is 3.22. The number of halogens is 1. The van der Waals surface area contributed by atoms with Crippen LogP contribution in [0.25, 0.3) is 0 Å². The Morgan fingerprint density at radius 2 is 2.47 bits per heavy atom. The maximum atomic E-state index is 11.2. The summed E-state index contributed by atoms with van der Waals surface area (Å²) in [5.74, 6) is 0.641. The Bertz CT molecular complexity index is 387. The number of amides is 1. The van der Waals surface area contributed by atoms with Gasteiger partial charge in [0.2, 0.25) is 5.91 Å². The zero-order chi connectivity index (χ0) is 12.3. The fourth-order valence-electron chi connectivity index (χ4n) is 2.01. The summed E-state index contributed by atoms with van der Waals surface area (Å²) < 4.78 is 1.97. The van der Waals surface area contributed by atoms with Crippen LogP contribution >= 0.6 is 11.6 Å². The topological polar surface area (TPSA) is 46.9 Å². The quantitative estimate of drug-likeness (QED) is 0.819. The fourth-order valence-corrected chi connectivity index (χ4v) is 2.08. The van der Waals surface area contributed by atoms with Gasteiger partial charge in [-0.3, -0.25) is 9.48 Å². The molecule has 0 saturated heterocycles. The van der Waals surface area contributed by atoms with Crippen molar-refractivity contribution < 1.29 is 4.79 Å². The summed E-state index contributed by atoms with van der Waals surface area (Å²) in [7, 11) is 0. The average molecular weight is 256 g/mol. The van der Waals surface area contributed by atoms with Gasteiger partial charge in [-0.05, 0) is 25.7 Å². The Kier molecular flexibility index (Phi) is 4.05. The Morgan fingerprint density at radius 1 is 1.71 bits per heavy atom. The fraction of sp³-hybridized carbons (Fsp3) is 0.667. The van der Waals surface area contributed by atoms with Crippen LogP contribution in [0.1, 0.15) is 37.8 Å². The number of carbonyl (C=O) groups excluding carboxylic acids is 1. The van der Waals surface area contributed by atoms with Gasteiger partial charge < -0.3 is 5.32 Å². The van der Waals surface area contributed by atoms with Gasteiger partial charge in [-0.1, -0.05) is 6.42 Å². The Balaban J connectivity index is 1.89. The second-order valence-corrected chi connectivity index (χ2v) is 4.98. The Labute approximate surface area is 106 Å². The molecule has 2 rings (SSSR count). The van der Waals surface area contributed by atoms with Crippen LogP contribution in [0.2, 0.25) is 0 Å². The highest BCUT2D eigenvalue weighted by atomic mass is 35.5. The lowest BCUT2D eigenvalue weighted by Crippen LogP contribution is -2.27. The molecule has 1 heterocycles. The van der Waals surface area contributed by atoms with Crippen LogP contribution in [-0.4, -0.2) is 21.6 Å². The highest BCUT2D eigenvalue weighted by Gasteiger charge is 2.18. The van der Waals surface area contributed by atoms with Crippen LogP contribution in [0.15, 0.2) is 12.4 Å². The van der Waals surface area contributed by atoms with Gasteiger partial charge in [0.05, 0.1) is 12.2 Å². The van der Waals surface area contributed by atoms with Gasteiger partial charge >= 0.3 is 0 Å². The van der Waals surface area contributed by atoms with E-state index in [-0.39, 0.29) is 17.8 Å². The molecule has 0 aromatic carbocycles. The molecule has 1 saturated carbocycles. The second kappa shape index (κ2) is 5.54. The first-order valence-corrected chi connectivity index (χ1v) is 6.60. The molecule has 5 heteroatoms. The van der Waals surface area contributed by atoms with E-state index in [1.807, 2.05) is 24.0 Å². The largest absolute Gasteiger partial charge is 0.348 e. The van der Waals surface area contributed by atoms with Crippen molar-refractivity contribution in [3.05, 3.63) is 18.0 Å². The molecule has 0 bridgehead atoms. The number of nitrogens with one attached hydrogen (secondary N) is 1. The van der Waals surface area contributed by atoms with Crippen molar-refractivity contribution in [3.8, 4) is 0 Å². The summed E-state index contributed by atoms with van der Waals surface area (Å²) in [5, 5.41) is 7.14. The van der Waals surface area contributed by atoms with Gasteiger partial charge in [0.15, 0.2) is 0 Å². The molecule has 94 valence electrons. The molecule has 1 aliphatic rings. The van der Waals surface area contributed by atoms with E-state index in [0.29, 0.717) is 0 Å². The first-order chi connectivity index (χ1) is 8.19. The molecule has 17 heavy (non-hydrogen) atoms. The molecular formula is C12H18ClN3O. The van der Waals surface area contributed by atoms with Crippen molar-refractivity contribution >= 4 is 17.5 Å². The number of aromatic nitrogens is 2. The van der Waals surface area contributed by atoms with Crippen LogP contribution in [0.5, 0.6) is 0 Å². The summed E-state index contributed by atoms with van der Waals surface area (Å²) in [4.78, 5) is 11.2. The lowest BCUT2D eigenvalue weighted by Gasteiger charge is -2.24. The highest BCUT2D eigenvalue weighted by molar-refractivity contribution is 6.27. The molecule has 4 nitrogen and oxygen atoms in total. The smallest absolute Gasteiger partial charge is 0.235 e. The Morgan fingerprint density at radius 3 is 3.06 bits per heavy atom. The monoisotopic (exact) mass is 255 g/mol. The van der Waals surface area contributed by atoms with Gasteiger partial charge in [-0.15, -0.1) is 11.6 Å². The van der Waals surface area contributed by atoms with E-state index in [0.717, 1.165) is 18.0 Å². The van der Waals surface area contributed by atoms with Gasteiger partial charge in [-0.25, -0.2) is 0 Å². The third-order valence-corrected chi connectivity index (χ3v) is 3.56. The molecule has 0 spiro atoms. The number of nitrogens with zero attached hydrogens (tertiary/aromatic N) is 2. The molecule has 1 aromatic heterocycles. The number of carbonyl (C=O) groups is 1. The van der Waals surface area contributed by atoms with Crippen molar-refractivity contribution in [2.75, 3.05) is 5.88 Å². The molecule has 1 aromatic rings. The molecular weight excluding hydrogens is 238 g/mol. The summed E-state index contributed by atoms with van der Waals surface area (Å²) in [6.45, 7) is 2.94. The number of alkyl halides is 1. The number of rotatable bonds is 5. The Hall–Kier alpha value is -1.03. The van der Waals surface area contributed by atoms with Gasteiger partial charge in [0.25, 0.3) is 0 Å². The van der Waals surface area contributed by atoms with E-state index in [9.17, 15) is 4.79 Å². The number of hydrogen-bond acceptors (Lipinski definition) is 2. The van der Waals surface area contributed by atoms with E-state index >= 15 is 0 Å². The molecule has 1 fully saturated rings. The van der Waals surface area contributed by atoms with Crippen molar-refractivity contribution in [3.63, 3.8) is 0 Å². The van der Waals surface area contributed by atoms with E-state index in [2.05, 4.69) is 10.4 Å². The highest BCUT2D eigenvalue weighted by Crippen LogP contribution is 2.27. The maximum Gasteiger partial charge on any atom is 0.235 e. The lowest BCUT2D eigenvalue weighted by molar-refractivity contribution is -0.119. The minimum Gasteiger partial charge on any atom is -0.348 e. The van der Waals surface area contributed by atoms with Gasteiger partial charge in [-0.2, -0.15) is 5.10 Å². The second-order valence-electron chi connectivity index (χ2n) is 4.72. The van der Waals surface area contributed by atoms with Gasteiger partial charge in [0.1, 0.15) is 5.88 Å². The minimum absolute atomic E-state index is 0.000547. The number of hydrogen-bond donors (Lipinski definition) is 1. The maximum absolute atomic E-state index is 11.2. The lowest BCUT2D eigenvalue weighted by atomic mass is 9.85. The van der Waals surface area contributed by atoms with Crippen molar-refractivity contribution in [2.24, 2.45) is 5.92 Å². The summed E-state index contributed by atoms with van der Waals surface area (Å²) in [6, 6.07) is -0.0311. The van der Waals surface area contributed by atoms with Crippen molar-refractivity contribution in [1.82, 2.24) is 15.1 Å². The van der Waals surface area contributed by atoms with E-state index < -0.39 is 0 Å². The summed E-state index contributed by atoms with van der Waals surface area (Å²) in [5.41, 5.74) is 1.03. The molecule has 1 atom stereocenters. The molecule has 0 aliphatic heterocycles. The SMILES string of the molecule is CC(NC(=O)CCl)c1cnn(CC2CCC2)c1. The summed E-state index contributed by atoms with van der Waals surface area (Å²) >= 11 is 5.45. The first-order valence-electron chi connectivity index (χ1n) is 6.06. The molecule has 1 unspecified atom stereocenters. The van der Waals surface area contributed by atoms with Crippen molar-refractivity contribution in [1.29, 1.82) is 0 Å². The average Bonchev–Trinajstić information content (AvgIpc) is 2.72.